The van der Waals surface area contributed by atoms with Gasteiger partial charge in [0.2, 0.25) is 11.7 Å². The predicted octanol–water partition coefficient (Wildman–Crippen LogP) is 4.26. The number of hydrogen-bond donors (Lipinski definition) is 0. The standard InChI is InChI=1S/C23H23Cl2F3N4O6S/c1-6-14-18(25)19(31(3)30-14)22(34)38-21-16(11(2)29-32(21)4)20(33)12-7-8-15(39(5,35)36)13(17(12)24)9-37-10-23(26,27)28/h7-8H,6,9-10H2,1-5H3. The maximum atomic E-state index is 13.6. The van der Waals surface area contributed by atoms with Crippen LogP contribution >= 0.6 is 23.2 Å². The van der Waals surface area contributed by atoms with Crippen molar-refractivity contribution in [2.75, 3.05) is 12.9 Å². The number of carbonyl (C=O) groups is 2. The van der Waals surface area contributed by atoms with Crippen LogP contribution in [0.25, 0.3) is 0 Å². The Kier molecular flexibility index (Phi) is 8.85. The van der Waals surface area contributed by atoms with Crippen molar-refractivity contribution in [3.63, 3.8) is 0 Å². The number of carbonyl (C=O) groups excluding carboxylic acids is 2. The van der Waals surface area contributed by atoms with Crippen LogP contribution < -0.4 is 4.74 Å². The van der Waals surface area contributed by atoms with Crippen molar-refractivity contribution in [2.45, 2.75) is 37.9 Å². The van der Waals surface area contributed by atoms with Gasteiger partial charge in [-0.3, -0.25) is 9.48 Å². The summed E-state index contributed by atoms with van der Waals surface area (Å²) >= 11 is 12.6. The van der Waals surface area contributed by atoms with Gasteiger partial charge in [-0.05, 0) is 25.5 Å². The molecule has 0 bridgehead atoms. The first-order valence-electron chi connectivity index (χ1n) is 11.2. The highest BCUT2D eigenvalue weighted by Crippen LogP contribution is 2.34. The molecule has 0 saturated carbocycles. The molecule has 0 amide bonds. The summed E-state index contributed by atoms with van der Waals surface area (Å²) in [6.07, 6.45) is -3.39. The number of alkyl halides is 3. The number of nitrogens with zero attached hydrogens (tertiary/aromatic N) is 4. The van der Waals surface area contributed by atoms with E-state index in [1.54, 1.807) is 6.92 Å². The van der Waals surface area contributed by atoms with Gasteiger partial charge in [-0.25, -0.2) is 17.9 Å². The number of halogens is 5. The van der Waals surface area contributed by atoms with Gasteiger partial charge in [0, 0.05) is 31.5 Å². The maximum Gasteiger partial charge on any atom is 0.411 e. The minimum absolute atomic E-state index is 0.0644. The third-order valence-electron chi connectivity index (χ3n) is 5.53. The molecule has 3 aromatic rings. The van der Waals surface area contributed by atoms with Crippen LogP contribution in [0.1, 0.15) is 50.3 Å². The minimum atomic E-state index is -4.68. The van der Waals surface area contributed by atoms with Gasteiger partial charge in [0.1, 0.15) is 12.2 Å². The van der Waals surface area contributed by atoms with Crippen molar-refractivity contribution in [1.29, 1.82) is 0 Å². The van der Waals surface area contributed by atoms with Gasteiger partial charge >= 0.3 is 12.1 Å². The Bertz CT molecular complexity index is 1560. The lowest BCUT2D eigenvalue weighted by atomic mass is 10.0. The molecule has 0 saturated heterocycles. The average Bonchev–Trinajstić information content (AvgIpc) is 3.25. The molecule has 2 aromatic heterocycles. The van der Waals surface area contributed by atoms with Crippen molar-refractivity contribution in [1.82, 2.24) is 19.6 Å². The molecule has 0 spiro atoms. The van der Waals surface area contributed by atoms with Crippen LogP contribution in [0, 0.1) is 6.92 Å². The van der Waals surface area contributed by atoms with Crippen molar-refractivity contribution < 1.29 is 40.7 Å². The molecule has 0 aliphatic carbocycles. The summed E-state index contributed by atoms with van der Waals surface area (Å²) < 4.78 is 74.9. The highest BCUT2D eigenvalue weighted by Gasteiger charge is 2.32. The van der Waals surface area contributed by atoms with E-state index >= 15 is 0 Å². The SMILES string of the molecule is CCc1nn(C)c(C(=O)Oc2c(C(=O)c3ccc(S(C)(=O)=O)c(COCC(F)(F)F)c3Cl)c(C)nn2C)c1Cl. The van der Waals surface area contributed by atoms with E-state index in [0.29, 0.717) is 12.1 Å². The fourth-order valence-electron chi connectivity index (χ4n) is 3.82. The Balaban J connectivity index is 2.07. The van der Waals surface area contributed by atoms with E-state index in [0.717, 1.165) is 23.1 Å². The minimum Gasteiger partial charge on any atom is -0.402 e. The number of hydrogen-bond acceptors (Lipinski definition) is 8. The van der Waals surface area contributed by atoms with E-state index in [2.05, 4.69) is 14.9 Å². The molecule has 0 unspecified atom stereocenters. The van der Waals surface area contributed by atoms with E-state index in [4.69, 9.17) is 27.9 Å². The summed E-state index contributed by atoms with van der Waals surface area (Å²) in [5, 5.41) is 7.94. The van der Waals surface area contributed by atoms with Crippen LogP contribution in [0.3, 0.4) is 0 Å². The van der Waals surface area contributed by atoms with E-state index in [9.17, 15) is 31.2 Å². The van der Waals surface area contributed by atoms with Crippen LogP contribution in [0.2, 0.25) is 10.0 Å². The van der Waals surface area contributed by atoms with Crippen LogP contribution in [0.15, 0.2) is 17.0 Å². The lowest BCUT2D eigenvalue weighted by Crippen LogP contribution is -2.18. The van der Waals surface area contributed by atoms with E-state index < -0.39 is 50.9 Å². The Labute approximate surface area is 231 Å². The summed E-state index contributed by atoms with van der Waals surface area (Å²) in [4.78, 5) is 26.2. The Morgan fingerprint density at radius 2 is 1.72 bits per heavy atom. The first-order chi connectivity index (χ1) is 18.0. The van der Waals surface area contributed by atoms with Gasteiger partial charge < -0.3 is 9.47 Å². The molecule has 10 nitrogen and oxygen atoms in total. The third-order valence-corrected chi connectivity index (χ3v) is 7.54. The first kappa shape index (κ1) is 30.6. The highest BCUT2D eigenvalue weighted by molar-refractivity contribution is 7.90. The Morgan fingerprint density at radius 1 is 1.08 bits per heavy atom. The average molecular weight is 611 g/mol. The largest absolute Gasteiger partial charge is 0.411 e. The normalized spacial score (nSPS) is 12.2. The quantitative estimate of drug-likeness (QED) is 0.260. The fourth-order valence-corrected chi connectivity index (χ4v) is 5.47. The molecule has 212 valence electrons. The molecule has 0 fully saturated rings. The molecule has 16 heteroatoms. The molecule has 0 aliphatic rings. The van der Waals surface area contributed by atoms with Crippen LogP contribution in [-0.2, 0) is 41.7 Å². The predicted molar refractivity (Wildman–Crippen MR) is 134 cm³/mol. The first-order valence-corrected chi connectivity index (χ1v) is 13.8. The van der Waals surface area contributed by atoms with Crippen molar-refractivity contribution in [3.8, 4) is 5.88 Å². The fraction of sp³-hybridized carbons (Fsp3) is 0.391. The molecule has 2 heterocycles. The zero-order valence-corrected chi connectivity index (χ0v) is 23.6. The number of aryl methyl sites for hydroxylation is 4. The van der Waals surface area contributed by atoms with Gasteiger partial charge in [0.15, 0.2) is 15.5 Å². The Hall–Kier alpha value is -2.94. The van der Waals surface area contributed by atoms with Gasteiger partial charge in [0.05, 0.1) is 32.9 Å². The van der Waals surface area contributed by atoms with Crippen LogP contribution in [0.4, 0.5) is 13.2 Å². The molecule has 3 rings (SSSR count). The second-order valence-electron chi connectivity index (χ2n) is 8.48. The topological polar surface area (TPSA) is 122 Å². The Morgan fingerprint density at radius 3 is 2.26 bits per heavy atom. The lowest BCUT2D eigenvalue weighted by molar-refractivity contribution is -0.176. The van der Waals surface area contributed by atoms with Crippen LogP contribution in [-0.4, -0.2) is 58.8 Å². The molecular formula is C23H23Cl2F3N4O6S. The van der Waals surface area contributed by atoms with Gasteiger partial charge in [-0.1, -0.05) is 30.1 Å². The summed E-state index contributed by atoms with van der Waals surface area (Å²) in [6, 6.07) is 2.15. The second kappa shape index (κ2) is 11.3. The van der Waals surface area contributed by atoms with Crippen molar-refractivity contribution in [3.05, 3.63) is 56.0 Å². The van der Waals surface area contributed by atoms with Gasteiger partial charge in [0.25, 0.3) is 0 Å². The number of ketones is 1. The lowest BCUT2D eigenvalue weighted by Gasteiger charge is -2.15. The molecule has 0 radical (unpaired) electrons. The highest BCUT2D eigenvalue weighted by atomic mass is 35.5. The molecule has 0 aliphatic heterocycles. The third kappa shape index (κ3) is 6.45. The summed E-state index contributed by atoms with van der Waals surface area (Å²) in [5.74, 6) is -2.02. The monoisotopic (exact) mass is 610 g/mol. The maximum absolute atomic E-state index is 13.6. The smallest absolute Gasteiger partial charge is 0.402 e. The van der Waals surface area contributed by atoms with E-state index in [-0.39, 0.29) is 39.0 Å². The molecule has 1 aromatic carbocycles. The number of rotatable bonds is 9. The summed E-state index contributed by atoms with van der Waals surface area (Å²) in [7, 11) is -1.05. The van der Waals surface area contributed by atoms with Gasteiger partial charge in [-0.15, -0.1) is 0 Å². The van der Waals surface area contributed by atoms with Crippen molar-refractivity contribution >= 4 is 44.8 Å². The second-order valence-corrected chi connectivity index (χ2v) is 11.2. The zero-order valence-electron chi connectivity index (χ0n) is 21.3. The molecule has 0 N–H and O–H groups in total. The summed E-state index contributed by atoms with van der Waals surface area (Å²) in [5.41, 5.74) is -0.255. The molecular weight excluding hydrogens is 588 g/mol. The number of esters is 1. The summed E-state index contributed by atoms with van der Waals surface area (Å²) in [6.45, 7) is 0.756. The number of ether oxygens (including phenoxy) is 2. The van der Waals surface area contributed by atoms with Crippen molar-refractivity contribution in [2.24, 2.45) is 14.1 Å². The molecule has 39 heavy (non-hydrogen) atoms. The van der Waals surface area contributed by atoms with Gasteiger partial charge in [-0.2, -0.15) is 23.4 Å². The zero-order chi connectivity index (χ0) is 29.4. The molecule has 0 atom stereocenters. The van der Waals surface area contributed by atoms with E-state index in [1.807, 2.05) is 0 Å². The van der Waals surface area contributed by atoms with Crippen LogP contribution in [0.5, 0.6) is 5.88 Å². The number of aromatic nitrogens is 4. The van der Waals surface area contributed by atoms with E-state index in [1.165, 1.54) is 25.7 Å². The number of benzene rings is 1. The number of sulfone groups is 1.